The Morgan fingerprint density at radius 3 is 2.54 bits per heavy atom. The van der Waals surface area contributed by atoms with Gasteiger partial charge < -0.3 is 0 Å². The van der Waals surface area contributed by atoms with Crippen molar-refractivity contribution in [2.24, 2.45) is 17.6 Å². The summed E-state index contributed by atoms with van der Waals surface area (Å²) < 4.78 is 0. The van der Waals surface area contributed by atoms with Crippen LogP contribution in [0.3, 0.4) is 0 Å². The van der Waals surface area contributed by atoms with Crippen molar-refractivity contribution >= 4 is 6.03 Å². The van der Waals surface area contributed by atoms with E-state index >= 15 is 0 Å². The Morgan fingerprint density at radius 2 is 2.00 bits per heavy atom. The Bertz CT molecular complexity index is 168. The predicted octanol–water partition coefficient (Wildman–Crippen LogP) is 0.326. The van der Waals surface area contributed by atoms with E-state index in [2.05, 4.69) is 0 Å². The smallest absolute Gasteiger partial charge is 0.275 e. The quantitative estimate of drug-likeness (QED) is 0.330. The number of carbonyl (C=O) groups is 1. The van der Waals surface area contributed by atoms with Gasteiger partial charge in [-0.05, 0) is 18.8 Å². The van der Waals surface area contributed by atoms with E-state index in [0.29, 0.717) is 12.5 Å². The lowest BCUT2D eigenvalue weighted by Gasteiger charge is -2.25. The fraction of sp³-hybridized carbons (Fsp3) is 0.875. The molecule has 1 saturated carbocycles. The number of amides is 2. The Kier molecular flexibility index (Phi) is 3.98. The van der Waals surface area contributed by atoms with Crippen LogP contribution in [0.5, 0.6) is 0 Å². The van der Waals surface area contributed by atoms with Crippen molar-refractivity contribution in [3.8, 4) is 0 Å². The second kappa shape index (κ2) is 5.04. The van der Waals surface area contributed by atoms with Crippen molar-refractivity contribution < 1.29 is 4.79 Å². The van der Waals surface area contributed by atoms with Gasteiger partial charge in [0.05, 0.1) is 0 Å². The van der Waals surface area contributed by atoms with Crippen LogP contribution in [0.2, 0.25) is 0 Å². The van der Waals surface area contributed by atoms with Crippen LogP contribution in [0, 0.1) is 5.92 Å². The lowest BCUT2D eigenvalue weighted by atomic mass is 9.89. The molecule has 0 heterocycles. The molecule has 1 aliphatic carbocycles. The predicted molar refractivity (Wildman–Crippen MR) is 50.2 cm³/mol. The van der Waals surface area contributed by atoms with Crippen molar-refractivity contribution in [2.75, 3.05) is 6.54 Å². The molecule has 0 spiro atoms. The SMILES string of the molecule is NNC(=O)N(N)CC1CCCCC1. The zero-order valence-corrected chi connectivity index (χ0v) is 7.83. The minimum atomic E-state index is -0.412. The summed E-state index contributed by atoms with van der Waals surface area (Å²) >= 11 is 0. The van der Waals surface area contributed by atoms with Gasteiger partial charge >= 0.3 is 6.03 Å². The number of nitrogens with zero attached hydrogens (tertiary/aromatic N) is 1. The average Bonchev–Trinajstić information content (AvgIpc) is 2.18. The summed E-state index contributed by atoms with van der Waals surface area (Å²) in [4.78, 5) is 11.0. The molecule has 5 heteroatoms. The summed E-state index contributed by atoms with van der Waals surface area (Å²) in [5.74, 6) is 11.0. The van der Waals surface area contributed by atoms with E-state index in [1.165, 1.54) is 32.1 Å². The molecular formula is C8H18N4O. The second-order valence-corrected chi connectivity index (χ2v) is 3.61. The summed E-state index contributed by atoms with van der Waals surface area (Å²) in [6.07, 6.45) is 6.16. The van der Waals surface area contributed by atoms with Gasteiger partial charge in [0.2, 0.25) is 0 Å². The lowest BCUT2D eigenvalue weighted by molar-refractivity contribution is 0.179. The van der Waals surface area contributed by atoms with Crippen LogP contribution >= 0.6 is 0 Å². The molecule has 0 aromatic rings. The molecule has 0 radical (unpaired) electrons. The fourth-order valence-corrected chi connectivity index (χ4v) is 1.81. The zero-order valence-electron chi connectivity index (χ0n) is 7.83. The van der Waals surface area contributed by atoms with Gasteiger partial charge in [0.15, 0.2) is 0 Å². The van der Waals surface area contributed by atoms with Gasteiger partial charge in [-0.2, -0.15) is 0 Å². The van der Waals surface area contributed by atoms with Crippen LogP contribution in [0.15, 0.2) is 0 Å². The first-order valence-corrected chi connectivity index (χ1v) is 4.77. The number of carbonyl (C=O) groups excluding carboxylic acids is 1. The molecule has 0 bridgehead atoms. The Balaban J connectivity index is 2.25. The molecule has 13 heavy (non-hydrogen) atoms. The van der Waals surface area contributed by atoms with Crippen LogP contribution in [-0.4, -0.2) is 17.6 Å². The minimum Gasteiger partial charge on any atom is -0.275 e. The van der Waals surface area contributed by atoms with Crippen molar-refractivity contribution in [1.82, 2.24) is 10.4 Å². The molecule has 0 atom stereocenters. The molecule has 76 valence electrons. The molecule has 1 rings (SSSR count). The molecule has 0 saturated heterocycles. The first-order chi connectivity index (χ1) is 6.24. The van der Waals surface area contributed by atoms with E-state index < -0.39 is 6.03 Å². The van der Waals surface area contributed by atoms with E-state index in [0.717, 1.165) is 5.01 Å². The first-order valence-electron chi connectivity index (χ1n) is 4.77. The highest BCUT2D eigenvalue weighted by atomic mass is 16.2. The van der Waals surface area contributed by atoms with Gasteiger partial charge in [0, 0.05) is 6.54 Å². The largest absolute Gasteiger partial charge is 0.345 e. The monoisotopic (exact) mass is 186 g/mol. The summed E-state index contributed by atoms with van der Waals surface area (Å²) in [6, 6.07) is -0.412. The molecule has 0 aromatic carbocycles. The Morgan fingerprint density at radius 1 is 1.38 bits per heavy atom. The van der Waals surface area contributed by atoms with E-state index in [4.69, 9.17) is 11.7 Å². The number of nitrogens with two attached hydrogens (primary N) is 2. The molecule has 2 amide bonds. The molecule has 1 fully saturated rings. The number of hydrogen-bond acceptors (Lipinski definition) is 3. The number of rotatable bonds is 2. The summed E-state index contributed by atoms with van der Waals surface area (Å²) in [5, 5.41) is 1.16. The average molecular weight is 186 g/mol. The minimum absolute atomic E-state index is 0.412. The highest BCUT2D eigenvalue weighted by Gasteiger charge is 2.17. The van der Waals surface area contributed by atoms with Crippen LogP contribution in [0.25, 0.3) is 0 Å². The van der Waals surface area contributed by atoms with Crippen molar-refractivity contribution in [3.05, 3.63) is 0 Å². The first kappa shape index (κ1) is 10.3. The number of hydrazine groups is 2. The third-order valence-electron chi connectivity index (χ3n) is 2.56. The van der Waals surface area contributed by atoms with E-state index in [9.17, 15) is 4.79 Å². The highest BCUT2D eigenvalue weighted by Crippen LogP contribution is 2.23. The molecule has 1 aliphatic rings. The summed E-state index contributed by atoms with van der Waals surface area (Å²) in [7, 11) is 0. The molecule has 0 unspecified atom stereocenters. The van der Waals surface area contributed by atoms with Crippen molar-refractivity contribution in [2.45, 2.75) is 32.1 Å². The number of nitrogens with one attached hydrogen (secondary N) is 1. The normalized spacial score (nSPS) is 18.3. The van der Waals surface area contributed by atoms with E-state index in [-0.39, 0.29) is 0 Å². The number of urea groups is 1. The maximum Gasteiger partial charge on any atom is 0.345 e. The van der Waals surface area contributed by atoms with Gasteiger partial charge in [-0.25, -0.2) is 16.5 Å². The molecule has 5 N–H and O–H groups in total. The molecule has 0 aliphatic heterocycles. The van der Waals surface area contributed by atoms with Gasteiger partial charge in [-0.1, -0.05) is 19.3 Å². The standard InChI is InChI=1S/C8H18N4O/c9-11-8(13)12(10)6-7-4-2-1-3-5-7/h7H,1-6,9-10H2,(H,11,13). The highest BCUT2D eigenvalue weighted by molar-refractivity contribution is 5.72. The van der Waals surface area contributed by atoms with Gasteiger partial charge in [-0.3, -0.25) is 10.4 Å². The van der Waals surface area contributed by atoms with Crippen LogP contribution in [0.4, 0.5) is 4.79 Å². The summed E-state index contributed by atoms with van der Waals surface area (Å²) in [6.45, 7) is 0.614. The molecule has 0 aromatic heterocycles. The molecular weight excluding hydrogens is 168 g/mol. The lowest BCUT2D eigenvalue weighted by Crippen LogP contribution is -2.49. The van der Waals surface area contributed by atoms with Gasteiger partial charge in [-0.15, -0.1) is 0 Å². The topological polar surface area (TPSA) is 84.4 Å². The zero-order chi connectivity index (χ0) is 9.68. The van der Waals surface area contributed by atoms with E-state index in [1.807, 2.05) is 5.43 Å². The van der Waals surface area contributed by atoms with Crippen molar-refractivity contribution in [3.63, 3.8) is 0 Å². The van der Waals surface area contributed by atoms with Crippen LogP contribution in [-0.2, 0) is 0 Å². The van der Waals surface area contributed by atoms with Crippen LogP contribution in [0.1, 0.15) is 32.1 Å². The van der Waals surface area contributed by atoms with Crippen LogP contribution < -0.4 is 17.1 Å². The Hall–Kier alpha value is -0.810. The number of hydrogen-bond donors (Lipinski definition) is 3. The fourth-order valence-electron chi connectivity index (χ4n) is 1.81. The van der Waals surface area contributed by atoms with Crippen molar-refractivity contribution in [1.29, 1.82) is 0 Å². The van der Waals surface area contributed by atoms with Gasteiger partial charge in [0.1, 0.15) is 0 Å². The second-order valence-electron chi connectivity index (χ2n) is 3.61. The maximum absolute atomic E-state index is 11.0. The van der Waals surface area contributed by atoms with E-state index in [1.54, 1.807) is 0 Å². The van der Waals surface area contributed by atoms with Gasteiger partial charge in [0.25, 0.3) is 0 Å². The summed E-state index contributed by atoms with van der Waals surface area (Å²) in [5.41, 5.74) is 2.02. The third-order valence-corrected chi connectivity index (χ3v) is 2.56. The molecule has 5 nitrogen and oxygen atoms in total. The maximum atomic E-state index is 11.0. The Labute approximate surface area is 78.4 Å². The third kappa shape index (κ3) is 3.20.